The van der Waals surface area contributed by atoms with Crippen LogP contribution >= 0.6 is 11.6 Å². The Morgan fingerprint density at radius 2 is 2.24 bits per heavy atom. The van der Waals surface area contributed by atoms with Gasteiger partial charge in [-0.25, -0.2) is 0 Å². The normalized spacial score (nSPS) is 11.7. The fourth-order valence-corrected chi connectivity index (χ4v) is 1.76. The molecule has 1 aromatic carbocycles. The molecule has 0 bridgehead atoms. The van der Waals surface area contributed by atoms with Crippen LogP contribution in [-0.4, -0.2) is 13.7 Å². The van der Waals surface area contributed by atoms with Crippen molar-refractivity contribution in [1.82, 2.24) is 0 Å². The highest BCUT2D eigenvalue weighted by atomic mass is 35.5. The Balaban J connectivity index is 2.79. The molecule has 1 atom stereocenters. The van der Waals surface area contributed by atoms with E-state index in [-0.39, 0.29) is 5.92 Å². The average Bonchev–Trinajstić information content (AvgIpc) is 2.34. The van der Waals surface area contributed by atoms with E-state index in [0.29, 0.717) is 17.3 Å². The molecule has 0 saturated carbocycles. The fraction of sp³-hybridized carbons (Fsp3) is 0.462. The van der Waals surface area contributed by atoms with E-state index in [4.69, 9.17) is 21.6 Å². The largest absolute Gasteiger partial charge is 0.495 e. The van der Waals surface area contributed by atoms with Crippen LogP contribution in [0.3, 0.4) is 0 Å². The molecule has 0 saturated heterocycles. The summed E-state index contributed by atoms with van der Waals surface area (Å²) < 4.78 is 5.14. The highest BCUT2D eigenvalue weighted by molar-refractivity contribution is 6.32. The Kier molecular flexibility index (Phi) is 5.11. The topological polar surface area (TPSA) is 45.0 Å². The lowest BCUT2D eigenvalue weighted by Gasteiger charge is -2.14. The van der Waals surface area contributed by atoms with Crippen LogP contribution in [0.5, 0.6) is 5.75 Å². The third-order valence-electron chi connectivity index (χ3n) is 2.71. The van der Waals surface area contributed by atoms with Gasteiger partial charge in [-0.15, -0.1) is 0 Å². The zero-order chi connectivity index (χ0) is 12.8. The maximum absolute atomic E-state index is 8.87. The van der Waals surface area contributed by atoms with Crippen molar-refractivity contribution in [2.24, 2.45) is 5.92 Å². The second-order valence-electron chi connectivity index (χ2n) is 3.92. The van der Waals surface area contributed by atoms with E-state index in [0.717, 1.165) is 17.7 Å². The van der Waals surface area contributed by atoms with Gasteiger partial charge in [-0.05, 0) is 31.0 Å². The minimum atomic E-state index is 0.0234. The molecule has 1 N–H and O–H groups in total. The molecule has 0 fully saturated rings. The second-order valence-corrected chi connectivity index (χ2v) is 4.32. The molecule has 92 valence electrons. The first-order valence-corrected chi connectivity index (χ1v) is 5.97. The number of hydrogen-bond donors (Lipinski definition) is 1. The predicted octanol–water partition coefficient (Wildman–Crippen LogP) is 3.62. The molecule has 1 unspecified atom stereocenters. The molecule has 0 amide bonds. The molecule has 0 heterocycles. The van der Waals surface area contributed by atoms with Crippen molar-refractivity contribution in [3.05, 3.63) is 22.7 Å². The molecule has 1 rings (SSSR count). The van der Waals surface area contributed by atoms with E-state index in [1.807, 2.05) is 26.0 Å². The number of methoxy groups -OCH3 is 1. The molecule has 0 aliphatic rings. The Bertz CT molecular complexity index is 426. The van der Waals surface area contributed by atoms with Gasteiger partial charge in [0.15, 0.2) is 0 Å². The number of rotatable bonds is 5. The number of nitrogens with zero attached hydrogens (tertiary/aromatic N) is 1. The van der Waals surface area contributed by atoms with Crippen LogP contribution in [-0.2, 0) is 0 Å². The van der Waals surface area contributed by atoms with Gasteiger partial charge in [0.1, 0.15) is 5.75 Å². The molecule has 0 aliphatic carbocycles. The molecule has 17 heavy (non-hydrogen) atoms. The van der Waals surface area contributed by atoms with Crippen LogP contribution in [0.2, 0.25) is 5.02 Å². The van der Waals surface area contributed by atoms with E-state index >= 15 is 0 Å². The number of ether oxygens (including phenoxy) is 1. The number of anilines is 1. The van der Waals surface area contributed by atoms with Gasteiger partial charge in [0.25, 0.3) is 0 Å². The van der Waals surface area contributed by atoms with E-state index in [1.54, 1.807) is 7.11 Å². The number of nitriles is 1. The van der Waals surface area contributed by atoms with Crippen LogP contribution in [0.4, 0.5) is 5.69 Å². The highest BCUT2D eigenvalue weighted by Gasteiger charge is 2.08. The number of nitrogens with one attached hydrogen (secondary N) is 1. The second kappa shape index (κ2) is 6.36. The SMILES string of the molecule is CCC(C#N)CNc1cc(Cl)c(OC)cc1C. The van der Waals surface area contributed by atoms with Crippen LogP contribution in [0.15, 0.2) is 12.1 Å². The Hall–Kier alpha value is -1.40. The van der Waals surface area contributed by atoms with Crippen molar-refractivity contribution in [3.8, 4) is 11.8 Å². The third kappa shape index (κ3) is 3.54. The standard InChI is InChI=1S/C13H17ClN2O/c1-4-10(7-15)8-16-12-6-11(14)13(17-3)5-9(12)2/h5-6,10,16H,4,8H2,1-3H3. The molecule has 0 radical (unpaired) electrons. The first-order valence-electron chi connectivity index (χ1n) is 5.60. The highest BCUT2D eigenvalue weighted by Crippen LogP contribution is 2.30. The lowest BCUT2D eigenvalue weighted by Crippen LogP contribution is -2.12. The molecule has 0 spiro atoms. The molecular weight excluding hydrogens is 236 g/mol. The zero-order valence-corrected chi connectivity index (χ0v) is 11.1. The van der Waals surface area contributed by atoms with Gasteiger partial charge in [0.05, 0.1) is 24.1 Å². The van der Waals surface area contributed by atoms with Crippen LogP contribution < -0.4 is 10.1 Å². The summed E-state index contributed by atoms with van der Waals surface area (Å²) in [6, 6.07) is 5.98. The van der Waals surface area contributed by atoms with Crippen LogP contribution in [0.1, 0.15) is 18.9 Å². The lowest BCUT2D eigenvalue weighted by molar-refractivity contribution is 0.415. The number of aryl methyl sites for hydroxylation is 1. The van der Waals surface area contributed by atoms with Crippen LogP contribution in [0.25, 0.3) is 0 Å². The van der Waals surface area contributed by atoms with Gasteiger partial charge < -0.3 is 10.1 Å². The Morgan fingerprint density at radius 1 is 1.53 bits per heavy atom. The van der Waals surface area contributed by atoms with Crippen molar-refractivity contribution in [2.75, 3.05) is 19.0 Å². The number of benzene rings is 1. The lowest BCUT2D eigenvalue weighted by atomic mass is 10.1. The van der Waals surface area contributed by atoms with Gasteiger partial charge >= 0.3 is 0 Å². The van der Waals surface area contributed by atoms with Crippen molar-refractivity contribution in [2.45, 2.75) is 20.3 Å². The van der Waals surface area contributed by atoms with Gasteiger partial charge in [-0.2, -0.15) is 5.26 Å². The predicted molar refractivity (Wildman–Crippen MR) is 70.6 cm³/mol. The maximum atomic E-state index is 8.87. The molecule has 4 heteroatoms. The van der Waals surface area contributed by atoms with Gasteiger partial charge in [-0.1, -0.05) is 18.5 Å². The minimum Gasteiger partial charge on any atom is -0.495 e. The Labute approximate surface area is 107 Å². The van der Waals surface area contributed by atoms with Gasteiger partial charge in [0, 0.05) is 12.2 Å². The summed E-state index contributed by atoms with van der Waals surface area (Å²) in [6.07, 6.45) is 0.840. The van der Waals surface area contributed by atoms with E-state index < -0.39 is 0 Å². The summed E-state index contributed by atoms with van der Waals surface area (Å²) in [5.74, 6) is 0.692. The van der Waals surface area contributed by atoms with Crippen molar-refractivity contribution in [3.63, 3.8) is 0 Å². The van der Waals surface area contributed by atoms with Gasteiger partial charge in [-0.3, -0.25) is 0 Å². The van der Waals surface area contributed by atoms with E-state index in [1.165, 1.54) is 0 Å². The van der Waals surface area contributed by atoms with Crippen molar-refractivity contribution < 1.29 is 4.74 Å². The summed E-state index contributed by atoms with van der Waals surface area (Å²) in [5.41, 5.74) is 2.00. The smallest absolute Gasteiger partial charge is 0.137 e. The first-order chi connectivity index (χ1) is 8.12. The van der Waals surface area contributed by atoms with Crippen molar-refractivity contribution in [1.29, 1.82) is 5.26 Å². The summed E-state index contributed by atoms with van der Waals surface area (Å²) in [6.45, 7) is 4.62. The average molecular weight is 253 g/mol. The summed E-state index contributed by atoms with van der Waals surface area (Å²) in [7, 11) is 1.59. The number of hydrogen-bond acceptors (Lipinski definition) is 3. The molecule has 0 aliphatic heterocycles. The van der Waals surface area contributed by atoms with E-state index in [2.05, 4.69) is 11.4 Å². The summed E-state index contributed by atoms with van der Waals surface area (Å²) in [5, 5.41) is 12.7. The third-order valence-corrected chi connectivity index (χ3v) is 3.01. The molecule has 1 aromatic rings. The maximum Gasteiger partial charge on any atom is 0.137 e. The molecule has 0 aromatic heterocycles. The van der Waals surface area contributed by atoms with Crippen molar-refractivity contribution >= 4 is 17.3 Å². The first kappa shape index (κ1) is 13.7. The fourth-order valence-electron chi connectivity index (χ4n) is 1.52. The minimum absolute atomic E-state index is 0.0234. The summed E-state index contributed by atoms with van der Waals surface area (Å²) >= 11 is 6.05. The quantitative estimate of drug-likeness (QED) is 0.871. The van der Waals surface area contributed by atoms with E-state index in [9.17, 15) is 0 Å². The molecular formula is C13H17ClN2O. The summed E-state index contributed by atoms with van der Waals surface area (Å²) in [4.78, 5) is 0. The van der Waals surface area contributed by atoms with Gasteiger partial charge in [0.2, 0.25) is 0 Å². The monoisotopic (exact) mass is 252 g/mol. The zero-order valence-electron chi connectivity index (χ0n) is 10.4. The number of halogens is 1. The molecule has 3 nitrogen and oxygen atoms in total. The van der Waals surface area contributed by atoms with Crippen LogP contribution in [0, 0.1) is 24.2 Å². The Morgan fingerprint density at radius 3 is 2.76 bits per heavy atom.